The lowest BCUT2D eigenvalue weighted by atomic mass is 10.1. The second kappa shape index (κ2) is 7.26. The molecule has 136 valence electrons. The Kier molecular flexibility index (Phi) is 5.08. The molecule has 1 aromatic heterocycles. The van der Waals surface area contributed by atoms with Crippen molar-refractivity contribution in [1.82, 2.24) is 24.2 Å². The van der Waals surface area contributed by atoms with Crippen molar-refractivity contribution in [2.45, 2.75) is 19.0 Å². The van der Waals surface area contributed by atoms with E-state index in [-0.39, 0.29) is 24.3 Å². The number of amides is 4. The van der Waals surface area contributed by atoms with E-state index in [1.54, 1.807) is 11.9 Å². The molecule has 25 heavy (non-hydrogen) atoms. The molecule has 2 aliphatic heterocycles. The molecule has 8 nitrogen and oxygen atoms in total. The van der Waals surface area contributed by atoms with Gasteiger partial charge in [-0.3, -0.25) is 19.4 Å². The normalized spacial score (nSPS) is 22.2. The molecule has 8 heteroatoms. The summed E-state index contributed by atoms with van der Waals surface area (Å²) in [6.07, 6.45) is 4.16. The van der Waals surface area contributed by atoms with Crippen LogP contribution in [0.1, 0.15) is 6.42 Å². The third-order valence-electron chi connectivity index (χ3n) is 5.11. The zero-order valence-corrected chi connectivity index (χ0v) is 14.8. The van der Waals surface area contributed by atoms with Gasteiger partial charge in [-0.1, -0.05) is 0 Å². The van der Waals surface area contributed by atoms with E-state index in [4.69, 9.17) is 0 Å². The van der Waals surface area contributed by atoms with Crippen molar-refractivity contribution in [2.24, 2.45) is 0 Å². The average Bonchev–Trinajstić information content (AvgIpc) is 3.20. The summed E-state index contributed by atoms with van der Waals surface area (Å²) in [7, 11) is 3.02. The quantitative estimate of drug-likeness (QED) is 0.699. The monoisotopic (exact) mass is 347 g/mol. The SMILES string of the molecule is CN1C(=O)[C@H](CC(=O)N2CCN(CCn3cccc3)CC2)N(C)C1=O. The van der Waals surface area contributed by atoms with Crippen LogP contribution < -0.4 is 0 Å². The van der Waals surface area contributed by atoms with Gasteiger partial charge in [0.25, 0.3) is 5.91 Å². The van der Waals surface area contributed by atoms with Gasteiger partial charge in [-0.2, -0.15) is 0 Å². The molecule has 2 fully saturated rings. The number of hydrogen-bond acceptors (Lipinski definition) is 4. The van der Waals surface area contributed by atoms with E-state index in [9.17, 15) is 14.4 Å². The molecule has 0 unspecified atom stereocenters. The van der Waals surface area contributed by atoms with E-state index in [0.29, 0.717) is 13.1 Å². The molecule has 3 rings (SSSR count). The molecule has 1 atom stereocenters. The summed E-state index contributed by atoms with van der Waals surface area (Å²) in [5.41, 5.74) is 0. The molecule has 2 aliphatic rings. The highest BCUT2D eigenvalue weighted by Gasteiger charge is 2.42. The first-order valence-corrected chi connectivity index (χ1v) is 8.62. The smallest absolute Gasteiger partial charge is 0.326 e. The minimum atomic E-state index is -0.670. The van der Waals surface area contributed by atoms with Crippen LogP contribution in [0.5, 0.6) is 0 Å². The van der Waals surface area contributed by atoms with Gasteiger partial charge in [-0.25, -0.2) is 4.79 Å². The van der Waals surface area contributed by atoms with Crippen molar-refractivity contribution in [3.8, 4) is 0 Å². The Morgan fingerprint density at radius 2 is 1.68 bits per heavy atom. The molecule has 0 radical (unpaired) electrons. The van der Waals surface area contributed by atoms with Crippen LogP contribution in [0.15, 0.2) is 24.5 Å². The van der Waals surface area contributed by atoms with Gasteiger partial charge >= 0.3 is 6.03 Å². The molecule has 0 saturated carbocycles. The van der Waals surface area contributed by atoms with Crippen LogP contribution in [0, 0.1) is 0 Å². The third-order valence-corrected chi connectivity index (χ3v) is 5.11. The van der Waals surface area contributed by atoms with Crippen molar-refractivity contribution in [3.63, 3.8) is 0 Å². The first kappa shape index (κ1) is 17.5. The minimum absolute atomic E-state index is 0.0571. The van der Waals surface area contributed by atoms with Crippen LogP contribution in [-0.2, 0) is 16.1 Å². The van der Waals surface area contributed by atoms with Crippen molar-refractivity contribution >= 4 is 17.8 Å². The lowest BCUT2D eigenvalue weighted by Crippen LogP contribution is -2.50. The van der Waals surface area contributed by atoms with Gasteiger partial charge in [-0.15, -0.1) is 0 Å². The molecule has 0 bridgehead atoms. The third kappa shape index (κ3) is 3.68. The van der Waals surface area contributed by atoms with Gasteiger partial charge in [0.1, 0.15) is 6.04 Å². The number of likely N-dealkylation sites (N-methyl/N-ethyl adjacent to an activating group) is 2. The number of hydrogen-bond donors (Lipinski definition) is 0. The van der Waals surface area contributed by atoms with Crippen molar-refractivity contribution < 1.29 is 14.4 Å². The van der Waals surface area contributed by atoms with Gasteiger partial charge < -0.3 is 14.4 Å². The van der Waals surface area contributed by atoms with E-state index in [1.807, 2.05) is 24.5 Å². The lowest BCUT2D eigenvalue weighted by molar-refractivity contribution is -0.137. The Bertz CT molecular complexity index is 637. The van der Waals surface area contributed by atoms with E-state index in [0.717, 1.165) is 31.1 Å². The summed E-state index contributed by atoms with van der Waals surface area (Å²) in [5, 5.41) is 0. The fraction of sp³-hybridized carbons (Fsp3) is 0.588. The molecule has 3 heterocycles. The van der Waals surface area contributed by atoms with E-state index in [1.165, 1.54) is 11.9 Å². The van der Waals surface area contributed by atoms with Crippen molar-refractivity contribution in [2.75, 3.05) is 46.8 Å². The Morgan fingerprint density at radius 3 is 2.24 bits per heavy atom. The number of piperazine rings is 1. The number of nitrogens with zero attached hydrogens (tertiary/aromatic N) is 5. The van der Waals surface area contributed by atoms with E-state index >= 15 is 0 Å². The first-order valence-electron chi connectivity index (χ1n) is 8.62. The molecule has 0 spiro atoms. The maximum Gasteiger partial charge on any atom is 0.326 e. The highest BCUT2D eigenvalue weighted by atomic mass is 16.2. The Labute approximate surface area is 147 Å². The number of imide groups is 1. The zero-order valence-electron chi connectivity index (χ0n) is 14.8. The van der Waals surface area contributed by atoms with E-state index < -0.39 is 6.04 Å². The Hall–Kier alpha value is -2.35. The van der Waals surface area contributed by atoms with Crippen LogP contribution in [0.3, 0.4) is 0 Å². The Morgan fingerprint density at radius 1 is 1.04 bits per heavy atom. The second-order valence-corrected chi connectivity index (χ2v) is 6.65. The van der Waals surface area contributed by atoms with Gasteiger partial charge in [0.2, 0.25) is 5.91 Å². The van der Waals surface area contributed by atoms with Gasteiger partial charge in [-0.05, 0) is 12.1 Å². The van der Waals surface area contributed by atoms with Gasteiger partial charge in [0.15, 0.2) is 0 Å². The first-order chi connectivity index (χ1) is 12.0. The highest BCUT2D eigenvalue weighted by Crippen LogP contribution is 2.18. The summed E-state index contributed by atoms with van der Waals surface area (Å²) in [4.78, 5) is 43.0. The summed E-state index contributed by atoms with van der Waals surface area (Å²) >= 11 is 0. The lowest BCUT2D eigenvalue weighted by Gasteiger charge is -2.35. The Balaban J connectivity index is 1.45. The average molecular weight is 347 g/mol. The van der Waals surface area contributed by atoms with Crippen LogP contribution in [0.2, 0.25) is 0 Å². The van der Waals surface area contributed by atoms with Crippen molar-refractivity contribution in [3.05, 3.63) is 24.5 Å². The standard InChI is InChI=1S/C17H25N5O3/c1-18-14(16(24)19(2)17(18)25)13-15(23)22-11-9-21(10-12-22)8-7-20-5-3-4-6-20/h3-6,14H,7-13H2,1-2H3/t14-/m0/s1. The summed E-state index contributed by atoms with van der Waals surface area (Å²) in [5.74, 6) is -0.357. The zero-order chi connectivity index (χ0) is 18.0. The second-order valence-electron chi connectivity index (χ2n) is 6.65. The van der Waals surface area contributed by atoms with Crippen molar-refractivity contribution in [1.29, 1.82) is 0 Å². The summed E-state index contributed by atoms with van der Waals surface area (Å²) in [6, 6.07) is 3.01. The number of aromatic nitrogens is 1. The van der Waals surface area contributed by atoms with Crippen LogP contribution in [-0.4, -0.2) is 94.9 Å². The minimum Gasteiger partial charge on any atom is -0.353 e. The van der Waals surface area contributed by atoms with Gasteiger partial charge in [0.05, 0.1) is 6.42 Å². The van der Waals surface area contributed by atoms with Crippen LogP contribution in [0.25, 0.3) is 0 Å². The van der Waals surface area contributed by atoms with Crippen LogP contribution >= 0.6 is 0 Å². The molecule has 4 amide bonds. The van der Waals surface area contributed by atoms with Gasteiger partial charge in [0, 0.05) is 65.8 Å². The number of urea groups is 1. The number of carbonyl (C=O) groups excluding carboxylic acids is 3. The molecule has 2 saturated heterocycles. The predicted molar refractivity (Wildman–Crippen MR) is 91.8 cm³/mol. The maximum absolute atomic E-state index is 12.5. The highest BCUT2D eigenvalue weighted by molar-refractivity contribution is 6.05. The number of rotatable bonds is 5. The largest absolute Gasteiger partial charge is 0.353 e. The summed E-state index contributed by atoms with van der Waals surface area (Å²) < 4.78 is 2.15. The molecule has 0 N–H and O–H groups in total. The maximum atomic E-state index is 12.5. The topological polar surface area (TPSA) is 69.1 Å². The molecular formula is C17H25N5O3. The fourth-order valence-corrected chi connectivity index (χ4v) is 3.37. The molecule has 0 aliphatic carbocycles. The molecular weight excluding hydrogens is 322 g/mol. The molecule has 0 aromatic carbocycles. The predicted octanol–water partition coefficient (Wildman–Crippen LogP) is -0.0852. The van der Waals surface area contributed by atoms with E-state index in [2.05, 4.69) is 9.47 Å². The fourth-order valence-electron chi connectivity index (χ4n) is 3.37. The summed E-state index contributed by atoms with van der Waals surface area (Å²) in [6.45, 7) is 4.90. The number of carbonyl (C=O) groups is 3. The van der Waals surface area contributed by atoms with Crippen LogP contribution in [0.4, 0.5) is 4.79 Å². The molecule has 1 aromatic rings.